The van der Waals surface area contributed by atoms with Gasteiger partial charge in [-0.15, -0.1) is 12.8 Å². The van der Waals surface area contributed by atoms with Gasteiger partial charge in [-0.05, 0) is 74.6 Å². The summed E-state index contributed by atoms with van der Waals surface area (Å²) in [6, 6.07) is 15.3. The van der Waals surface area contributed by atoms with Gasteiger partial charge in [-0.1, -0.05) is 52.4 Å². The molecule has 2 N–H and O–H groups in total. The zero-order chi connectivity index (χ0) is 28.8. The number of benzene rings is 2. The molecule has 0 saturated carbocycles. The van der Waals surface area contributed by atoms with Crippen LogP contribution in [0.1, 0.15) is 79.1 Å². The number of thiocarbonyl (C=S) groups is 1. The number of unbranched alkanes of at least 4 members (excludes halogenated alkanes) is 2. The van der Waals surface area contributed by atoms with Crippen molar-refractivity contribution >= 4 is 28.7 Å². The first-order chi connectivity index (χ1) is 19.6. The molecule has 0 radical (unpaired) electrons. The molecular weight excluding hydrogens is 604 g/mol. The van der Waals surface area contributed by atoms with E-state index in [-0.39, 0.29) is 26.2 Å². The molecule has 2 aromatic rings. The fourth-order valence-corrected chi connectivity index (χ4v) is 4.11. The minimum atomic E-state index is 0. The van der Waals surface area contributed by atoms with Gasteiger partial charge in [-0.25, -0.2) is 23.3 Å². The van der Waals surface area contributed by atoms with E-state index in [0.717, 1.165) is 35.7 Å². The molecule has 2 aromatic carbocycles. The molecule has 0 aromatic heterocycles. The number of allylic oxidation sites excluding steroid dienone is 8. The van der Waals surface area contributed by atoms with Crippen LogP contribution in [0.4, 0.5) is 11.4 Å². The standard InChI is InChI=1S/C17H20N2O2S.2C9H13.Zr/c1-3-20-15-9-5-13(6-10-15)18-17(22)19-14-7-11-16(12-8-14)21-4-2;2*1-2-3-6-9-7-4-5-8-9;/h5-12H,3-4H2,1-2H3,(H2,18,19,22);2*4,7H,2-3,5-6H2,1H3;/q;2*-1;+2. The van der Waals surface area contributed by atoms with Gasteiger partial charge < -0.3 is 20.1 Å². The molecule has 0 fully saturated rings. The van der Waals surface area contributed by atoms with Crippen molar-refractivity contribution in [2.45, 2.75) is 79.1 Å². The van der Waals surface area contributed by atoms with Crippen molar-refractivity contribution in [3.05, 3.63) is 96.1 Å². The summed E-state index contributed by atoms with van der Waals surface area (Å²) in [7, 11) is 0. The molecule has 0 atom stereocenters. The van der Waals surface area contributed by atoms with Gasteiger partial charge in [0, 0.05) is 11.4 Å². The van der Waals surface area contributed by atoms with Crippen LogP contribution in [-0.4, -0.2) is 18.3 Å². The Bertz CT molecular complexity index is 1020. The molecule has 0 spiro atoms. The molecule has 0 heterocycles. The minimum absolute atomic E-state index is 0. The van der Waals surface area contributed by atoms with Crippen LogP contribution in [0, 0.1) is 12.2 Å². The smallest absolute Gasteiger partial charge is 0.494 e. The van der Waals surface area contributed by atoms with E-state index < -0.39 is 0 Å². The first kappa shape index (κ1) is 36.6. The Morgan fingerprint density at radius 1 is 0.683 bits per heavy atom. The summed E-state index contributed by atoms with van der Waals surface area (Å²) >= 11 is 5.30. The predicted molar refractivity (Wildman–Crippen MR) is 175 cm³/mol. The summed E-state index contributed by atoms with van der Waals surface area (Å²) in [5.41, 5.74) is 4.65. The summed E-state index contributed by atoms with van der Waals surface area (Å²) in [5.74, 6) is 1.69. The molecule has 41 heavy (non-hydrogen) atoms. The van der Waals surface area contributed by atoms with Crippen LogP contribution in [0.3, 0.4) is 0 Å². The third kappa shape index (κ3) is 16.6. The molecule has 2 aliphatic rings. The van der Waals surface area contributed by atoms with Gasteiger partial charge in [0.25, 0.3) is 0 Å². The fourth-order valence-electron chi connectivity index (χ4n) is 3.87. The van der Waals surface area contributed by atoms with Crippen LogP contribution in [0.25, 0.3) is 0 Å². The Morgan fingerprint density at radius 2 is 1.07 bits per heavy atom. The number of hydrogen-bond donors (Lipinski definition) is 2. The Labute approximate surface area is 273 Å². The second-order valence-electron chi connectivity index (χ2n) is 9.32. The van der Waals surface area contributed by atoms with Crippen LogP contribution in [-0.2, 0) is 26.2 Å². The van der Waals surface area contributed by atoms with Gasteiger partial charge in [0.05, 0.1) is 13.2 Å². The second-order valence-corrected chi connectivity index (χ2v) is 9.73. The van der Waals surface area contributed by atoms with E-state index in [9.17, 15) is 0 Å². The fraction of sp³-hybridized carbons (Fsp3) is 0.400. The van der Waals surface area contributed by atoms with Gasteiger partial charge >= 0.3 is 26.2 Å². The number of rotatable bonds is 12. The van der Waals surface area contributed by atoms with Gasteiger partial charge in [-0.2, -0.15) is 12.2 Å². The second kappa shape index (κ2) is 23.2. The summed E-state index contributed by atoms with van der Waals surface area (Å²) in [4.78, 5) is 0. The molecule has 4 nitrogen and oxygen atoms in total. The normalized spacial score (nSPS) is 12.5. The first-order valence-corrected chi connectivity index (χ1v) is 15.0. The van der Waals surface area contributed by atoms with Gasteiger partial charge in [-0.3, -0.25) is 12.2 Å². The zero-order valence-electron chi connectivity index (χ0n) is 25.2. The zero-order valence-corrected chi connectivity index (χ0v) is 28.5. The van der Waals surface area contributed by atoms with Crippen molar-refractivity contribution in [2.75, 3.05) is 23.8 Å². The molecule has 0 bridgehead atoms. The SMILES string of the molecule is CCCCC1=[C-]CC=C1.CCCCC1=[C-]CC=C1.CCOc1ccc(NC(=S)Nc2ccc(OCC)cc2)cc1.[Zr+2]. The number of ether oxygens (including phenoxy) is 2. The first-order valence-electron chi connectivity index (χ1n) is 14.6. The Kier molecular flexibility index (Phi) is 20.7. The summed E-state index contributed by atoms with van der Waals surface area (Å²) < 4.78 is 10.8. The van der Waals surface area contributed by atoms with Gasteiger partial charge in [0.2, 0.25) is 0 Å². The Hall–Kier alpha value is -2.43. The molecule has 218 valence electrons. The third-order valence-corrected chi connectivity index (χ3v) is 6.18. The monoisotopic (exact) mass is 648 g/mol. The number of hydrogen-bond acceptors (Lipinski definition) is 3. The topological polar surface area (TPSA) is 42.5 Å². The quantitative estimate of drug-likeness (QED) is 0.177. The maximum atomic E-state index is 5.40. The molecule has 4 rings (SSSR count). The van der Waals surface area contributed by atoms with E-state index in [1.165, 1.54) is 49.7 Å². The Balaban J connectivity index is 0.000000363. The van der Waals surface area contributed by atoms with E-state index in [1.54, 1.807) is 0 Å². The van der Waals surface area contributed by atoms with Crippen LogP contribution in [0.15, 0.2) is 84.0 Å². The molecular formula is C35H46N2O2SZr. The molecule has 0 amide bonds. The van der Waals surface area contributed by atoms with Crippen molar-refractivity contribution in [3.63, 3.8) is 0 Å². The number of nitrogens with one attached hydrogen (secondary N) is 2. The largest absolute Gasteiger partial charge is 2.00 e. The predicted octanol–water partition coefficient (Wildman–Crippen LogP) is 10.0. The number of anilines is 2. The average molecular weight is 650 g/mol. The summed E-state index contributed by atoms with van der Waals surface area (Å²) in [5, 5.41) is 6.80. The summed E-state index contributed by atoms with van der Waals surface area (Å²) in [6.45, 7) is 9.68. The molecule has 2 aliphatic carbocycles. The van der Waals surface area contributed by atoms with Crippen molar-refractivity contribution in [3.8, 4) is 11.5 Å². The summed E-state index contributed by atoms with van der Waals surface area (Å²) in [6.07, 6.45) is 25.1. The van der Waals surface area contributed by atoms with E-state index >= 15 is 0 Å². The van der Waals surface area contributed by atoms with Crippen molar-refractivity contribution in [2.24, 2.45) is 0 Å². The molecule has 0 unspecified atom stereocenters. The van der Waals surface area contributed by atoms with Gasteiger partial charge in [0.15, 0.2) is 5.11 Å². The van der Waals surface area contributed by atoms with Crippen LogP contribution < -0.4 is 20.1 Å². The van der Waals surface area contributed by atoms with E-state index in [1.807, 2.05) is 62.4 Å². The van der Waals surface area contributed by atoms with E-state index in [0.29, 0.717) is 18.3 Å². The third-order valence-electron chi connectivity index (χ3n) is 5.98. The molecule has 0 aliphatic heterocycles. The minimum Gasteiger partial charge on any atom is -0.494 e. The van der Waals surface area contributed by atoms with Gasteiger partial charge in [0.1, 0.15) is 11.5 Å². The molecule has 6 heteroatoms. The van der Waals surface area contributed by atoms with Crippen LogP contribution in [0.2, 0.25) is 0 Å². The van der Waals surface area contributed by atoms with Crippen LogP contribution >= 0.6 is 12.2 Å². The van der Waals surface area contributed by atoms with Crippen molar-refractivity contribution < 1.29 is 35.7 Å². The molecule has 0 saturated heterocycles. The van der Waals surface area contributed by atoms with Crippen molar-refractivity contribution in [1.82, 2.24) is 0 Å². The average Bonchev–Trinajstić information content (AvgIpc) is 3.69. The van der Waals surface area contributed by atoms with Crippen molar-refractivity contribution in [1.29, 1.82) is 0 Å². The maximum absolute atomic E-state index is 5.40. The van der Waals surface area contributed by atoms with E-state index in [2.05, 4.69) is 60.9 Å². The Morgan fingerprint density at radius 3 is 1.37 bits per heavy atom. The maximum Gasteiger partial charge on any atom is 2.00 e. The van der Waals surface area contributed by atoms with Crippen LogP contribution in [0.5, 0.6) is 11.5 Å². The van der Waals surface area contributed by atoms with E-state index in [4.69, 9.17) is 21.7 Å².